The van der Waals surface area contributed by atoms with Gasteiger partial charge in [0, 0.05) is 32.0 Å². The first-order valence-corrected chi connectivity index (χ1v) is 10.1. The number of carbonyl (C=O) groups excluding carboxylic acids is 2. The van der Waals surface area contributed by atoms with Crippen LogP contribution in [-0.2, 0) is 9.53 Å². The smallest absolute Gasteiger partial charge is 0.411 e. The van der Waals surface area contributed by atoms with Crippen LogP contribution in [0.25, 0.3) is 0 Å². The molecule has 6 heteroatoms. The highest BCUT2D eigenvalue weighted by atomic mass is 16.6. The second-order valence-corrected chi connectivity index (χ2v) is 8.87. The minimum Gasteiger partial charge on any atom is -0.444 e. The summed E-state index contributed by atoms with van der Waals surface area (Å²) in [5, 5.41) is 0. The van der Waals surface area contributed by atoms with E-state index < -0.39 is 5.60 Å². The van der Waals surface area contributed by atoms with Gasteiger partial charge in [0.25, 0.3) is 0 Å². The topological polar surface area (TPSA) is 53.1 Å². The third-order valence-corrected chi connectivity index (χ3v) is 5.44. The Labute approximate surface area is 158 Å². The molecule has 1 amide bonds. The van der Waals surface area contributed by atoms with Crippen molar-refractivity contribution in [3.8, 4) is 0 Å². The number of nitrogens with zero attached hydrogens (tertiary/aromatic N) is 3. The predicted molar refractivity (Wildman–Crippen MR) is 103 cm³/mol. The quantitative estimate of drug-likeness (QED) is 0.692. The van der Waals surface area contributed by atoms with Crippen molar-refractivity contribution in [2.45, 2.75) is 71.4 Å². The molecule has 2 aliphatic rings. The maximum Gasteiger partial charge on any atom is 0.411 e. The van der Waals surface area contributed by atoms with Crippen molar-refractivity contribution in [3.05, 3.63) is 0 Å². The van der Waals surface area contributed by atoms with Crippen LogP contribution in [0.5, 0.6) is 0 Å². The predicted octanol–water partition coefficient (Wildman–Crippen LogP) is 2.97. The Morgan fingerprint density at radius 2 is 1.85 bits per heavy atom. The van der Waals surface area contributed by atoms with Crippen molar-refractivity contribution in [2.75, 3.05) is 39.9 Å². The van der Waals surface area contributed by atoms with E-state index in [4.69, 9.17) is 4.74 Å². The molecule has 0 aromatic carbocycles. The lowest BCUT2D eigenvalue weighted by molar-refractivity contribution is -0.123. The molecule has 150 valence electrons. The third-order valence-electron chi connectivity index (χ3n) is 5.44. The zero-order valence-corrected chi connectivity index (χ0v) is 17.3. The highest BCUT2D eigenvalue weighted by molar-refractivity contribution is 5.81. The number of ketones is 1. The minimum atomic E-state index is -0.496. The summed E-state index contributed by atoms with van der Waals surface area (Å²) < 4.78 is 5.60. The summed E-state index contributed by atoms with van der Waals surface area (Å²) in [7, 11) is 2.07. The molecule has 26 heavy (non-hydrogen) atoms. The van der Waals surface area contributed by atoms with Gasteiger partial charge < -0.3 is 9.64 Å². The molecule has 1 unspecified atom stereocenters. The molecule has 1 saturated heterocycles. The van der Waals surface area contributed by atoms with Crippen LogP contribution in [0.1, 0.15) is 59.8 Å². The Morgan fingerprint density at radius 3 is 2.42 bits per heavy atom. The summed E-state index contributed by atoms with van der Waals surface area (Å²) in [6, 6.07) is 0.108. The molecule has 0 bridgehead atoms. The number of hydrogen-bond acceptors (Lipinski definition) is 5. The van der Waals surface area contributed by atoms with Gasteiger partial charge in [0.2, 0.25) is 0 Å². The van der Waals surface area contributed by atoms with Gasteiger partial charge in [-0.15, -0.1) is 0 Å². The lowest BCUT2D eigenvalue weighted by atomic mass is 10.0. The molecule has 1 aliphatic heterocycles. The lowest BCUT2D eigenvalue weighted by Gasteiger charge is -2.29. The van der Waals surface area contributed by atoms with Crippen molar-refractivity contribution >= 4 is 11.9 Å². The van der Waals surface area contributed by atoms with Gasteiger partial charge >= 0.3 is 6.09 Å². The fraction of sp³-hybridized carbons (Fsp3) is 0.900. The molecular formula is C20H37N3O3. The van der Waals surface area contributed by atoms with E-state index in [0.29, 0.717) is 18.9 Å². The molecule has 1 saturated carbocycles. The van der Waals surface area contributed by atoms with E-state index in [-0.39, 0.29) is 18.1 Å². The summed E-state index contributed by atoms with van der Waals surface area (Å²) in [4.78, 5) is 31.3. The zero-order chi connectivity index (χ0) is 19.3. The molecular weight excluding hydrogens is 330 g/mol. The summed E-state index contributed by atoms with van der Waals surface area (Å²) in [6.45, 7) is 11.7. The molecule has 0 aromatic rings. The maximum atomic E-state index is 12.6. The van der Waals surface area contributed by atoms with Gasteiger partial charge in [0.05, 0.1) is 12.7 Å². The first kappa shape index (κ1) is 21.2. The zero-order valence-electron chi connectivity index (χ0n) is 17.3. The van der Waals surface area contributed by atoms with Gasteiger partial charge in [-0.05, 0) is 47.2 Å². The SMILES string of the molecule is CCN(C)CC1CN(CCC(=O)C2CCCC2)CN1C(=O)OC(C)(C)C. The first-order valence-electron chi connectivity index (χ1n) is 10.1. The molecule has 6 nitrogen and oxygen atoms in total. The minimum absolute atomic E-state index is 0.108. The lowest BCUT2D eigenvalue weighted by Crippen LogP contribution is -2.45. The van der Waals surface area contributed by atoms with Crippen LogP contribution >= 0.6 is 0 Å². The summed E-state index contributed by atoms with van der Waals surface area (Å²) in [5.41, 5.74) is -0.496. The maximum absolute atomic E-state index is 12.6. The molecule has 1 heterocycles. The highest BCUT2D eigenvalue weighted by Crippen LogP contribution is 2.27. The summed E-state index contributed by atoms with van der Waals surface area (Å²) >= 11 is 0. The normalized spacial score (nSPS) is 22.4. The van der Waals surface area contributed by atoms with Crippen LogP contribution < -0.4 is 0 Å². The van der Waals surface area contributed by atoms with E-state index in [9.17, 15) is 9.59 Å². The van der Waals surface area contributed by atoms with E-state index in [2.05, 4.69) is 23.8 Å². The second-order valence-electron chi connectivity index (χ2n) is 8.87. The van der Waals surface area contributed by atoms with Gasteiger partial charge in [0.15, 0.2) is 0 Å². The number of ether oxygens (including phenoxy) is 1. The van der Waals surface area contributed by atoms with E-state index in [1.165, 1.54) is 12.8 Å². The fourth-order valence-corrected chi connectivity index (χ4v) is 3.84. The summed E-state index contributed by atoms with van der Waals surface area (Å²) in [6.07, 6.45) is 4.86. The van der Waals surface area contributed by atoms with Gasteiger partial charge in [0.1, 0.15) is 11.4 Å². The van der Waals surface area contributed by atoms with Gasteiger partial charge in [-0.1, -0.05) is 19.8 Å². The molecule has 0 N–H and O–H groups in total. The Hall–Kier alpha value is -1.14. The van der Waals surface area contributed by atoms with Crippen molar-refractivity contribution in [3.63, 3.8) is 0 Å². The third kappa shape index (κ3) is 6.23. The fourth-order valence-electron chi connectivity index (χ4n) is 3.84. The van der Waals surface area contributed by atoms with Gasteiger partial charge in [-0.2, -0.15) is 0 Å². The summed E-state index contributed by atoms with van der Waals surface area (Å²) in [5.74, 6) is 0.682. The Kier molecular flexibility index (Phi) is 7.47. The van der Waals surface area contributed by atoms with E-state index in [0.717, 1.165) is 39.0 Å². The first-order chi connectivity index (χ1) is 12.2. The number of Topliss-reactive ketones (excluding diaryl/α,β-unsaturated/α-hetero) is 1. The average molecular weight is 368 g/mol. The standard InChI is InChI=1S/C20H37N3O3/c1-6-21(5)13-17-14-22(12-11-18(24)16-9-7-8-10-16)15-23(17)19(25)26-20(2,3)4/h16-17H,6-15H2,1-5H3. The molecule has 0 spiro atoms. The molecule has 1 atom stereocenters. The molecule has 0 aromatic heterocycles. The van der Waals surface area contributed by atoms with Crippen LogP contribution in [0.3, 0.4) is 0 Å². The van der Waals surface area contributed by atoms with Crippen molar-refractivity contribution in [2.24, 2.45) is 5.92 Å². The van der Waals surface area contributed by atoms with Crippen molar-refractivity contribution in [1.82, 2.24) is 14.7 Å². The Balaban J connectivity index is 1.92. The molecule has 1 aliphatic carbocycles. The van der Waals surface area contributed by atoms with Crippen LogP contribution in [0, 0.1) is 5.92 Å². The largest absolute Gasteiger partial charge is 0.444 e. The van der Waals surface area contributed by atoms with Crippen LogP contribution in [-0.4, -0.2) is 78.1 Å². The van der Waals surface area contributed by atoms with E-state index >= 15 is 0 Å². The van der Waals surface area contributed by atoms with E-state index in [1.807, 2.05) is 25.7 Å². The number of rotatable bonds is 7. The number of hydrogen-bond donors (Lipinski definition) is 0. The van der Waals surface area contributed by atoms with Crippen molar-refractivity contribution < 1.29 is 14.3 Å². The molecule has 2 rings (SSSR count). The number of likely N-dealkylation sites (N-methyl/N-ethyl adjacent to an activating group) is 1. The molecule has 2 fully saturated rings. The molecule has 0 radical (unpaired) electrons. The van der Waals surface area contributed by atoms with E-state index in [1.54, 1.807) is 0 Å². The number of carbonyl (C=O) groups is 2. The van der Waals surface area contributed by atoms with Crippen LogP contribution in [0.4, 0.5) is 4.79 Å². The van der Waals surface area contributed by atoms with Gasteiger partial charge in [-0.25, -0.2) is 4.79 Å². The van der Waals surface area contributed by atoms with Gasteiger partial charge in [-0.3, -0.25) is 14.6 Å². The van der Waals surface area contributed by atoms with Crippen LogP contribution in [0.2, 0.25) is 0 Å². The van der Waals surface area contributed by atoms with Crippen molar-refractivity contribution in [1.29, 1.82) is 0 Å². The second kappa shape index (κ2) is 9.18. The Bertz CT molecular complexity index is 483. The number of amides is 1. The average Bonchev–Trinajstić information content (AvgIpc) is 3.20. The monoisotopic (exact) mass is 367 g/mol. The Morgan fingerprint density at radius 1 is 1.19 bits per heavy atom. The highest BCUT2D eigenvalue weighted by Gasteiger charge is 2.37. The van der Waals surface area contributed by atoms with Crippen LogP contribution in [0.15, 0.2) is 0 Å².